The second-order valence-electron chi connectivity index (χ2n) is 8.15. The van der Waals surface area contributed by atoms with Crippen LogP contribution in [-0.4, -0.2) is 43.5 Å². The molecule has 1 spiro atoms. The number of carbonyl (C=O) groups excluding carboxylic acids is 1. The molecule has 1 aromatic rings. The second-order valence-corrected chi connectivity index (χ2v) is 8.15. The Hall–Kier alpha value is -1.59. The topological polar surface area (TPSA) is 59.0 Å². The van der Waals surface area contributed by atoms with Gasteiger partial charge in [-0.1, -0.05) is 19.8 Å². The monoisotopic (exact) mass is 375 g/mol. The van der Waals surface area contributed by atoms with Crippen LogP contribution in [0.25, 0.3) is 0 Å². The van der Waals surface area contributed by atoms with Gasteiger partial charge in [0.15, 0.2) is 0 Å². The van der Waals surface area contributed by atoms with Gasteiger partial charge in [0.2, 0.25) is 5.91 Å². The summed E-state index contributed by atoms with van der Waals surface area (Å²) in [7, 11) is 1.65. The molecule has 0 bridgehead atoms. The minimum absolute atomic E-state index is 0.230. The molecule has 2 aliphatic rings. The highest BCUT2D eigenvalue weighted by molar-refractivity contribution is 6.00. The van der Waals surface area contributed by atoms with Crippen molar-refractivity contribution in [3.8, 4) is 5.75 Å². The minimum Gasteiger partial charge on any atom is -0.491 e. The molecule has 5 heteroatoms. The van der Waals surface area contributed by atoms with E-state index < -0.39 is 5.60 Å². The first-order valence-electron chi connectivity index (χ1n) is 10.3. The average Bonchev–Trinajstić information content (AvgIpc) is 3.00. The Morgan fingerprint density at radius 3 is 2.41 bits per heavy atom. The van der Waals surface area contributed by atoms with Crippen LogP contribution in [0.1, 0.15) is 58.3 Å². The quantitative estimate of drug-likeness (QED) is 0.700. The molecule has 150 valence electrons. The molecule has 1 aromatic carbocycles. The first kappa shape index (κ1) is 20.2. The van der Waals surface area contributed by atoms with Gasteiger partial charge >= 0.3 is 0 Å². The lowest BCUT2D eigenvalue weighted by Gasteiger charge is -2.41. The van der Waals surface area contributed by atoms with Gasteiger partial charge in [-0.25, -0.2) is 0 Å². The van der Waals surface area contributed by atoms with E-state index in [1.54, 1.807) is 7.11 Å². The van der Waals surface area contributed by atoms with Gasteiger partial charge in [-0.2, -0.15) is 0 Å². The van der Waals surface area contributed by atoms with Crippen molar-refractivity contribution in [2.24, 2.45) is 5.41 Å². The van der Waals surface area contributed by atoms with Crippen molar-refractivity contribution >= 4 is 11.6 Å². The van der Waals surface area contributed by atoms with Crippen LogP contribution >= 0.6 is 0 Å². The Labute approximate surface area is 162 Å². The molecule has 1 N–H and O–H groups in total. The van der Waals surface area contributed by atoms with Crippen LogP contribution in [0.15, 0.2) is 24.3 Å². The number of hydrogen-bond donors (Lipinski definition) is 1. The van der Waals surface area contributed by atoms with Gasteiger partial charge < -0.3 is 19.5 Å². The summed E-state index contributed by atoms with van der Waals surface area (Å²) in [6.07, 6.45) is 7.02. The highest BCUT2D eigenvalue weighted by atomic mass is 16.5. The van der Waals surface area contributed by atoms with E-state index in [1.807, 2.05) is 29.2 Å². The van der Waals surface area contributed by atoms with Crippen molar-refractivity contribution in [3.05, 3.63) is 24.3 Å². The predicted molar refractivity (Wildman–Crippen MR) is 106 cm³/mol. The molecule has 2 fully saturated rings. The summed E-state index contributed by atoms with van der Waals surface area (Å²) in [5.74, 6) is 1.02. The van der Waals surface area contributed by atoms with E-state index in [9.17, 15) is 9.90 Å². The Morgan fingerprint density at radius 1 is 1.07 bits per heavy atom. The van der Waals surface area contributed by atoms with E-state index in [2.05, 4.69) is 6.92 Å². The second kappa shape index (κ2) is 8.61. The van der Waals surface area contributed by atoms with E-state index in [1.165, 1.54) is 0 Å². The lowest BCUT2D eigenvalue weighted by molar-refractivity contribution is -0.131. The summed E-state index contributed by atoms with van der Waals surface area (Å²) in [5.41, 5.74) is 0.102. The maximum absolute atomic E-state index is 13.2. The molecule has 27 heavy (non-hydrogen) atoms. The summed E-state index contributed by atoms with van der Waals surface area (Å²) in [4.78, 5) is 15.1. The maximum atomic E-state index is 13.2. The zero-order valence-corrected chi connectivity index (χ0v) is 16.7. The molecule has 1 aliphatic carbocycles. The molecule has 0 radical (unpaired) electrons. The Bertz CT molecular complexity index is 620. The third-order valence-electron chi connectivity index (χ3n) is 6.35. The number of anilines is 1. The molecule has 5 nitrogen and oxygen atoms in total. The van der Waals surface area contributed by atoms with Gasteiger partial charge in [-0.3, -0.25) is 4.79 Å². The van der Waals surface area contributed by atoms with Crippen LogP contribution in [0, 0.1) is 5.41 Å². The lowest BCUT2D eigenvalue weighted by Crippen LogP contribution is -2.43. The average molecular weight is 376 g/mol. The van der Waals surface area contributed by atoms with Gasteiger partial charge in [0.1, 0.15) is 12.4 Å². The van der Waals surface area contributed by atoms with Crippen LogP contribution < -0.4 is 9.64 Å². The van der Waals surface area contributed by atoms with E-state index in [0.717, 1.165) is 69.3 Å². The summed E-state index contributed by atoms with van der Waals surface area (Å²) >= 11 is 0. The van der Waals surface area contributed by atoms with Gasteiger partial charge in [0, 0.05) is 19.3 Å². The molecule has 0 unspecified atom stereocenters. The first-order valence-corrected chi connectivity index (χ1v) is 10.3. The predicted octanol–water partition coefficient (Wildman–Crippen LogP) is 3.93. The molecule has 0 aromatic heterocycles. The number of unbranched alkanes of at least 4 members (excludes halogenated alkanes) is 1. The fourth-order valence-electron chi connectivity index (χ4n) is 4.45. The Morgan fingerprint density at radius 2 is 1.78 bits per heavy atom. The first-order chi connectivity index (χ1) is 13.0. The maximum Gasteiger partial charge on any atom is 0.233 e. The normalized spacial score (nSPS) is 28.1. The number of nitrogens with zero attached hydrogens (tertiary/aromatic N) is 1. The highest BCUT2D eigenvalue weighted by Crippen LogP contribution is 2.49. The number of rotatable bonds is 8. The van der Waals surface area contributed by atoms with Crippen LogP contribution in [-0.2, 0) is 9.53 Å². The number of carbonyl (C=O) groups is 1. The van der Waals surface area contributed by atoms with Gasteiger partial charge in [0.25, 0.3) is 0 Å². The van der Waals surface area contributed by atoms with E-state index in [4.69, 9.17) is 9.47 Å². The number of aliphatic hydroxyl groups is 1. The van der Waals surface area contributed by atoms with Crippen molar-refractivity contribution < 1.29 is 19.4 Å². The van der Waals surface area contributed by atoms with Gasteiger partial charge in [-0.15, -0.1) is 0 Å². The standard InChI is InChI=1S/C22H33NO4/c1-3-4-9-22(25)12-10-21(11-13-22)14-15-23(20(21)24)18-5-7-19(8-6-18)27-17-16-26-2/h5-8,25H,3-4,9-17H2,1-2H3. The smallest absolute Gasteiger partial charge is 0.233 e. The zero-order chi connectivity index (χ0) is 19.3. The number of methoxy groups -OCH3 is 1. The van der Waals surface area contributed by atoms with Crippen LogP contribution in [0.4, 0.5) is 5.69 Å². The van der Waals surface area contributed by atoms with E-state index in [-0.39, 0.29) is 11.3 Å². The molecule has 1 amide bonds. The molecular formula is C22H33NO4. The molecule has 0 atom stereocenters. The Balaban J connectivity index is 1.60. The zero-order valence-electron chi connectivity index (χ0n) is 16.7. The summed E-state index contributed by atoms with van der Waals surface area (Å²) in [5, 5.41) is 10.8. The summed E-state index contributed by atoms with van der Waals surface area (Å²) in [6, 6.07) is 7.74. The van der Waals surface area contributed by atoms with Crippen molar-refractivity contribution in [1.29, 1.82) is 0 Å². The number of benzene rings is 1. The SMILES string of the molecule is CCCCC1(O)CCC2(CCN(c3ccc(OCCOC)cc3)C2=O)CC1. The fourth-order valence-corrected chi connectivity index (χ4v) is 4.45. The van der Waals surface area contributed by atoms with Crippen LogP contribution in [0.3, 0.4) is 0 Å². The fraction of sp³-hybridized carbons (Fsp3) is 0.682. The van der Waals surface area contributed by atoms with Crippen molar-refractivity contribution in [1.82, 2.24) is 0 Å². The van der Waals surface area contributed by atoms with Crippen molar-refractivity contribution in [3.63, 3.8) is 0 Å². The molecule has 1 saturated carbocycles. The third kappa shape index (κ3) is 4.46. The highest BCUT2D eigenvalue weighted by Gasteiger charge is 2.51. The Kier molecular flexibility index (Phi) is 6.43. The van der Waals surface area contributed by atoms with Crippen LogP contribution in [0.5, 0.6) is 5.75 Å². The number of hydrogen-bond acceptors (Lipinski definition) is 4. The van der Waals surface area contributed by atoms with Crippen molar-refractivity contribution in [2.75, 3.05) is 31.8 Å². The molecule has 1 heterocycles. The molecule has 3 rings (SSSR count). The van der Waals surface area contributed by atoms with Gasteiger partial charge in [-0.05, 0) is 62.8 Å². The summed E-state index contributed by atoms with van der Waals surface area (Å²) < 4.78 is 10.6. The van der Waals surface area contributed by atoms with E-state index in [0.29, 0.717) is 13.2 Å². The lowest BCUT2D eigenvalue weighted by atomic mass is 9.66. The molecule has 1 saturated heterocycles. The largest absolute Gasteiger partial charge is 0.491 e. The molecule has 1 aliphatic heterocycles. The summed E-state index contributed by atoms with van der Waals surface area (Å²) in [6.45, 7) is 3.98. The minimum atomic E-state index is -0.559. The van der Waals surface area contributed by atoms with E-state index >= 15 is 0 Å². The van der Waals surface area contributed by atoms with Crippen LogP contribution in [0.2, 0.25) is 0 Å². The number of ether oxygens (including phenoxy) is 2. The molecular weight excluding hydrogens is 342 g/mol. The third-order valence-corrected chi connectivity index (χ3v) is 6.35. The van der Waals surface area contributed by atoms with Crippen molar-refractivity contribution in [2.45, 2.75) is 63.9 Å². The number of amides is 1. The van der Waals surface area contributed by atoms with Gasteiger partial charge in [0.05, 0.1) is 17.6 Å².